The van der Waals surface area contributed by atoms with Crippen LogP contribution in [0.3, 0.4) is 0 Å². The molecule has 25 heavy (non-hydrogen) atoms. The van der Waals surface area contributed by atoms with Crippen molar-refractivity contribution >= 4 is 29.5 Å². The first-order valence-electron chi connectivity index (χ1n) is 7.79. The van der Waals surface area contributed by atoms with E-state index < -0.39 is 0 Å². The molecule has 0 aliphatic carbocycles. The van der Waals surface area contributed by atoms with Gasteiger partial charge >= 0.3 is 0 Å². The van der Waals surface area contributed by atoms with Crippen LogP contribution >= 0.6 is 11.8 Å². The van der Waals surface area contributed by atoms with Gasteiger partial charge in [0, 0.05) is 24.6 Å². The number of thioether (sulfide) groups is 1. The van der Waals surface area contributed by atoms with Gasteiger partial charge in [0.05, 0.1) is 0 Å². The molecule has 0 bridgehead atoms. The maximum atomic E-state index is 12.3. The molecule has 0 spiro atoms. The first-order chi connectivity index (χ1) is 12.0. The Morgan fingerprint density at radius 2 is 1.84 bits per heavy atom. The third kappa shape index (κ3) is 5.80. The van der Waals surface area contributed by atoms with E-state index in [9.17, 15) is 9.59 Å². The Hall–Kier alpha value is -2.53. The first-order valence-corrected chi connectivity index (χ1v) is 9.01. The molecule has 0 fully saturated rings. The van der Waals surface area contributed by atoms with Crippen molar-refractivity contribution in [3.8, 4) is 5.75 Å². The molecule has 2 aromatic rings. The van der Waals surface area contributed by atoms with Crippen LogP contribution in [0.1, 0.15) is 15.9 Å². The van der Waals surface area contributed by atoms with E-state index in [0.717, 1.165) is 5.56 Å². The van der Waals surface area contributed by atoms with Crippen LogP contribution in [-0.4, -0.2) is 43.5 Å². The van der Waals surface area contributed by atoms with Gasteiger partial charge < -0.3 is 9.64 Å². The fourth-order valence-corrected chi connectivity index (χ4v) is 2.40. The number of ether oxygens (including phenoxy) is 1. The van der Waals surface area contributed by atoms with Crippen LogP contribution in [0.2, 0.25) is 0 Å². The van der Waals surface area contributed by atoms with E-state index in [-0.39, 0.29) is 18.3 Å². The van der Waals surface area contributed by atoms with Crippen LogP contribution in [0.15, 0.2) is 59.5 Å². The molecule has 0 unspecified atom stereocenters. The summed E-state index contributed by atoms with van der Waals surface area (Å²) >= 11 is 1.68. The lowest BCUT2D eigenvalue weighted by Gasteiger charge is -2.11. The lowest BCUT2D eigenvalue weighted by molar-refractivity contribution is -0.130. The average Bonchev–Trinajstić information content (AvgIpc) is 2.64. The second-order valence-electron chi connectivity index (χ2n) is 5.58. The van der Waals surface area contributed by atoms with Crippen LogP contribution < -0.4 is 4.74 Å². The van der Waals surface area contributed by atoms with Gasteiger partial charge in [-0.05, 0) is 42.2 Å². The van der Waals surface area contributed by atoms with Crippen molar-refractivity contribution in [3.05, 3.63) is 65.7 Å². The van der Waals surface area contributed by atoms with Gasteiger partial charge in [-0.15, -0.1) is 11.8 Å². The van der Waals surface area contributed by atoms with E-state index in [1.54, 1.807) is 56.2 Å². The van der Waals surface area contributed by atoms with Gasteiger partial charge in [0.1, 0.15) is 5.75 Å². The van der Waals surface area contributed by atoms with Crippen LogP contribution in [-0.2, 0) is 4.79 Å². The summed E-state index contributed by atoms with van der Waals surface area (Å²) in [5.74, 6) is 0.252. The molecule has 2 aromatic carbocycles. The van der Waals surface area contributed by atoms with E-state index in [4.69, 9.17) is 4.74 Å². The highest BCUT2D eigenvalue weighted by atomic mass is 32.2. The number of benzene rings is 2. The van der Waals surface area contributed by atoms with Crippen LogP contribution in [0.4, 0.5) is 0 Å². The van der Waals surface area contributed by atoms with Gasteiger partial charge in [0.15, 0.2) is 12.4 Å². The lowest BCUT2D eigenvalue weighted by atomic mass is 10.1. The summed E-state index contributed by atoms with van der Waals surface area (Å²) in [5, 5.41) is 0. The third-order valence-electron chi connectivity index (χ3n) is 3.52. The predicted molar refractivity (Wildman–Crippen MR) is 102 cm³/mol. The van der Waals surface area contributed by atoms with E-state index in [0.29, 0.717) is 11.3 Å². The summed E-state index contributed by atoms with van der Waals surface area (Å²) in [6, 6.07) is 14.8. The molecule has 0 saturated heterocycles. The fraction of sp³-hybridized carbons (Fsp3) is 0.200. The van der Waals surface area contributed by atoms with Gasteiger partial charge in [-0.3, -0.25) is 9.59 Å². The fourth-order valence-electron chi connectivity index (χ4n) is 2.00. The minimum absolute atomic E-state index is 0.0533. The quantitative estimate of drug-likeness (QED) is 0.431. The molecule has 0 aliphatic heterocycles. The van der Waals surface area contributed by atoms with Gasteiger partial charge in [-0.2, -0.15) is 0 Å². The number of rotatable bonds is 7. The number of carbonyl (C=O) groups excluding carboxylic acids is 2. The van der Waals surface area contributed by atoms with Crippen LogP contribution in [0.5, 0.6) is 5.75 Å². The Labute approximate surface area is 152 Å². The molecule has 1 amide bonds. The van der Waals surface area contributed by atoms with Crippen molar-refractivity contribution < 1.29 is 14.3 Å². The summed E-state index contributed by atoms with van der Waals surface area (Å²) in [6.07, 6.45) is 5.35. The van der Waals surface area contributed by atoms with Gasteiger partial charge in [0.2, 0.25) is 0 Å². The first kappa shape index (κ1) is 18.8. The second-order valence-corrected chi connectivity index (χ2v) is 6.46. The van der Waals surface area contributed by atoms with Gasteiger partial charge in [-0.1, -0.05) is 30.3 Å². The highest BCUT2D eigenvalue weighted by Crippen LogP contribution is 2.17. The lowest BCUT2D eigenvalue weighted by Crippen LogP contribution is -2.27. The molecule has 0 heterocycles. The average molecular weight is 355 g/mol. The molecule has 0 atom stereocenters. The molecule has 2 rings (SSSR count). The topological polar surface area (TPSA) is 46.6 Å². The number of allylic oxidation sites excluding steroid dienone is 1. The zero-order chi connectivity index (χ0) is 18.2. The Bertz CT molecular complexity index is 767. The SMILES string of the molecule is CSc1ccc(C=CC(=O)c2cccc(OCC(=O)N(C)C)c2)cc1. The van der Waals surface area contributed by atoms with Gasteiger partial charge in [0.25, 0.3) is 5.91 Å². The molecule has 0 saturated carbocycles. The van der Waals surface area contributed by atoms with Crippen molar-refractivity contribution in [2.75, 3.05) is 27.0 Å². The van der Waals surface area contributed by atoms with Gasteiger partial charge in [-0.25, -0.2) is 0 Å². The molecule has 0 N–H and O–H groups in total. The number of hydrogen-bond donors (Lipinski definition) is 0. The molecule has 0 radical (unpaired) electrons. The number of hydrogen-bond acceptors (Lipinski definition) is 4. The standard InChI is InChI=1S/C20H21NO3S/c1-21(2)20(23)14-24-17-6-4-5-16(13-17)19(22)12-9-15-7-10-18(25-3)11-8-15/h4-13H,14H2,1-3H3. The zero-order valence-electron chi connectivity index (χ0n) is 14.6. The Kier molecular flexibility index (Phi) is 6.83. The van der Waals surface area contributed by atoms with Crippen molar-refractivity contribution in [1.82, 2.24) is 4.90 Å². The van der Waals surface area contributed by atoms with E-state index in [2.05, 4.69) is 0 Å². The van der Waals surface area contributed by atoms with Crippen LogP contribution in [0, 0.1) is 0 Å². The molecular formula is C20H21NO3S. The third-order valence-corrected chi connectivity index (χ3v) is 4.27. The maximum absolute atomic E-state index is 12.3. The molecular weight excluding hydrogens is 334 g/mol. The molecule has 130 valence electrons. The van der Waals surface area contributed by atoms with Crippen LogP contribution in [0.25, 0.3) is 6.08 Å². The van der Waals surface area contributed by atoms with E-state index in [1.807, 2.05) is 30.5 Å². The zero-order valence-corrected chi connectivity index (χ0v) is 15.4. The monoisotopic (exact) mass is 355 g/mol. The summed E-state index contributed by atoms with van der Waals surface area (Å²) in [7, 11) is 3.34. The predicted octanol–water partition coefficient (Wildman–Crippen LogP) is 3.77. The van der Waals surface area contributed by atoms with Crippen molar-refractivity contribution in [1.29, 1.82) is 0 Å². The number of likely N-dealkylation sites (N-methyl/N-ethyl adjacent to an activating group) is 1. The summed E-state index contributed by atoms with van der Waals surface area (Å²) in [6.45, 7) is -0.0533. The summed E-state index contributed by atoms with van der Waals surface area (Å²) in [4.78, 5) is 26.5. The highest BCUT2D eigenvalue weighted by Gasteiger charge is 2.07. The summed E-state index contributed by atoms with van der Waals surface area (Å²) in [5.41, 5.74) is 1.49. The highest BCUT2D eigenvalue weighted by molar-refractivity contribution is 7.98. The van der Waals surface area contributed by atoms with E-state index in [1.165, 1.54) is 15.9 Å². The largest absolute Gasteiger partial charge is 0.484 e. The van der Waals surface area contributed by atoms with Crippen molar-refractivity contribution in [2.24, 2.45) is 0 Å². The molecule has 0 aromatic heterocycles. The molecule has 0 aliphatic rings. The Morgan fingerprint density at radius 1 is 1.12 bits per heavy atom. The number of ketones is 1. The van der Waals surface area contributed by atoms with Crippen molar-refractivity contribution in [3.63, 3.8) is 0 Å². The normalized spacial score (nSPS) is 10.7. The Morgan fingerprint density at radius 3 is 2.48 bits per heavy atom. The molecule has 4 nitrogen and oxygen atoms in total. The smallest absolute Gasteiger partial charge is 0.259 e. The maximum Gasteiger partial charge on any atom is 0.259 e. The molecule has 5 heteroatoms. The second kappa shape index (κ2) is 9.08. The van der Waals surface area contributed by atoms with Crippen molar-refractivity contribution in [2.45, 2.75) is 4.90 Å². The minimum Gasteiger partial charge on any atom is -0.484 e. The number of amides is 1. The Balaban J connectivity index is 2.02. The van der Waals surface area contributed by atoms with E-state index >= 15 is 0 Å². The number of nitrogens with zero attached hydrogens (tertiary/aromatic N) is 1. The minimum atomic E-state index is -0.134. The summed E-state index contributed by atoms with van der Waals surface area (Å²) < 4.78 is 5.44. The number of carbonyl (C=O) groups is 2.